The van der Waals surface area contributed by atoms with Gasteiger partial charge in [0.2, 0.25) is 0 Å². The maximum atomic E-state index is 12.8. The van der Waals surface area contributed by atoms with Crippen LogP contribution in [0.3, 0.4) is 0 Å². The van der Waals surface area contributed by atoms with Crippen LogP contribution in [0.1, 0.15) is 15.9 Å². The van der Waals surface area contributed by atoms with E-state index in [9.17, 15) is 4.79 Å². The molecule has 0 bridgehead atoms. The van der Waals surface area contributed by atoms with Crippen LogP contribution < -0.4 is 4.90 Å². The molecular weight excluding hydrogens is 334 g/mol. The lowest BCUT2D eigenvalue weighted by molar-refractivity contribution is 0.0628. The number of halogens is 1. The molecule has 0 saturated carbocycles. The summed E-state index contributed by atoms with van der Waals surface area (Å²) < 4.78 is 0. The summed E-state index contributed by atoms with van der Waals surface area (Å²) in [6, 6.07) is 15.8. The molecule has 4 nitrogen and oxygen atoms in total. The fourth-order valence-corrected chi connectivity index (χ4v) is 3.32. The third kappa shape index (κ3) is 4.53. The molecule has 1 saturated heterocycles. The fourth-order valence-electron chi connectivity index (χ4n) is 3.10. The Morgan fingerprint density at radius 2 is 1.76 bits per heavy atom. The largest absolute Gasteiger partial charge is 0.378 e. The Labute approximate surface area is 154 Å². The molecule has 3 rings (SSSR count). The number of nitrogens with zero attached hydrogens (tertiary/aromatic N) is 3. The quantitative estimate of drug-likeness (QED) is 0.839. The van der Waals surface area contributed by atoms with Gasteiger partial charge in [0.1, 0.15) is 0 Å². The van der Waals surface area contributed by atoms with Gasteiger partial charge < -0.3 is 9.80 Å². The van der Waals surface area contributed by atoms with Gasteiger partial charge in [0.05, 0.1) is 0 Å². The maximum absolute atomic E-state index is 12.8. The molecule has 0 spiro atoms. The summed E-state index contributed by atoms with van der Waals surface area (Å²) in [4.78, 5) is 19.1. The van der Waals surface area contributed by atoms with Gasteiger partial charge in [-0.3, -0.25) is 9.69 Å². The van der Waals surface area contributed by atoms with Crippen molar-refractivity contribution in [3.8, 4) is 0 Å². The fraction of sp³-hybridized carbons (Fsp3) is 0.350. The molecule has 1 amide bonds. The van der Waals surface area contributed by atoms with Gasteiger partial charge in [-0.05, 0) is 35.9 Å². The SMILES string of the molecule is CN(C)c1cccc(C(=O)N2CCN(Cc3cccc(Cl)c3)CC2)c1. The van der Waals surface area contributed by atoms with Crippen molar-refractivity contribution in [2.45, 2.75) is 6.54 Å². The van der Waals surface area contributed by atoms with E-state index in [1.54, 1.807) is 0 Å². The summed E-state index contributed by atoms with van der Waals surface area (Å²) in [5.74, 6) is 0.117. The zero-order valence-corrected chi connectivity index (χ0v) is 15.5. The minimum atomic E-state index is 0.117. The molecule has 1 fully saturated rings. The van der Waals surface area contributed by atoms with E-state index in [0.29, 0.717) is 0 Å². The molecule has 0 aromatic heterocycles. The van der Waals surface area contributed by atoms with Crippen LogP contribution in [0.4, 0.5) is 5.69 Å². The zero-order chi connectivity index (χ0) is 17.8. The van der Waals surface area contributed by atoms with Crippen molar-refractivity contribution in [1.82, 2.24) is 9.80 Å². The minimum absolute atomic E-state index is 0.117. The summed E-state index contributed by atoms with van der Waals surface area (Å²) in [6.45, 7) is 4.15. The second-order valence-corrected chi connectivity index (χ2v) is 7.08. The van der Waals surface area contributed by atoms with Crippen LogP contribution in [0.25, 0.3) is 0 Å². The van der Waals surface area contributed by atoms with Crippen LogP contribution in [0, 0.1) is 0 Å². The van der Waals surface area contributed by atoms with E-state index in [1.807, 2.05) is 66.4 Å². The predicted octanol–water partition coefficient (Wildman–Crippen LogP) is 3.36. The molecule has 2 aromatic rings. The first-order valence-electron chi connectivity index (χ1n) is 8.56. The zero-order valence-electron chi connectivity index (χ0n) is 14.8. The second kappa shape index (κ2) is 7.89. The predicted molar refractivity (Wildman–Crippen MR) is 103 cm³/mol. The molecule has 0 unspecified atom stereocenters. The Morgan fingerprint density at radius 1 is 1.04 bits per heavy atom. The number of benzene rings is 2. The summed E-state index contributed by atoms with van der Waals surface area (Å²) in [6.07, 6.45) is 0. The van der Waals surface area contributed by atoms with E-state index in [1.165, 1.54) is 5.56 Å². The van der Waals surface area contributed by atoms with Crippen LogP contribution in [0.15, 0.2) is 48.5 Å². The normalized spacial score (nSPS) is 15.2. The van der Waals surface area contributed by atoms with Crippen LogP contribution in [0.5, 0.6) is 0 Å². The molecule has 25 heavy (non-hydrogen) atoms. The number of anilines is 1. The van der Waals surface area contributed by atoms with Crippen LogP contribution in [-0.2, 0) is 6.54 Å². The van der Waals surface area contributed by atoms with Gasteiger partial charge >= 0.3 is 0 Å². The Balaban J connectivity index is 1.58. The Hall–Kier alpha value is -2.04. The standard InChI is InChI=1S/C20H24ClN3O/c1-22(2)19-8-4-6-17(14-19)20(25)24-11-9-23(10-12-24)15-16-5-3-7-18(21)13-16/h3-8,13-14H,9-12,15H2,1-2H3. The van der Waals surface area contributed by atoms with Crippen molar-refractivity contribution < 1.29 is 4.79 Å². The van der Waals surface area contributed by atoms with Gasteiger partial charge in [0, 0.05) is 63.1 Å². The highest BCUT2D eigenvalue weighted by Crippen LogP contribution is 2.17. The Morgan fingerprint density at radius 3 is 2.44 bits per heavy atom. The van der Waals surface area contributed by atoms with E-state index >= 15 is 0 Å². The Kier molecular flexibility index (Phi) is 5.61. The van der Waals surface area contributed by atoms with Gasteiger partial charge in [-0.15, -0.1) is 0 Å². The highest BCUT2D eigenvalue weighted by Gasteiger charge is 2.22. The molecule has 0 aliphatic carbocycles. The number of hydrogen-bond acceptors (Lipinski definition) is 3. The van der Waals surface area contributed by atoms with Gasteiger partial charge in [-0.1, -0.05) is 29.8 Å². The average molecular weight is 358 g/mol. The number of carbonyl (C=O) groups excluding carboxylic acids is 1. The van der Waals surface area contributed by atoms with E-state index in [0.717, 1.165) is 49.0 Å². The lowest BCUT2D eigenvalue weighted by Gasteiger charge is -2.35. The summed E-state index contributed by atoms with van der Waals surface area (Å²) in [7, 11) is 3.97. The number of hydrogen-bond donors (Lipinski definition) is 0. The number of amides is 1. The molecule has 1 aliphatic rings. The smallest absolute Gasteiger partial charge is 0.254 e. The number of carbonyl (C=O) groups is 1. The molecule has 2 aromatic carbocycles. The summed E-state index contributed by atoms with van der Waals surface area (Å²) in [5, 5.41) is 0.770. The minimum Gasteiger partial charge on any atom is -0.378 e. The third-order valence-corrected chi connectivity index (χ3v) is 4.80. The maximum Gasteiger partial charge on any atom is 0.254 e. The molecule has 0 N–H and O–H groups in total. The molecule has 132 valence electrons. The van der Waals surface area contributed by atoms with Gasteiger partial charge in [-0.25, -0.2) is 0 Å². The van der Waals surface area contributed by atoms with Crippen molar-refractivity contribution in [1.29, 1.82) is 0 Å². The lowest BCUT2D eigenvalue weighted by Crippen LogP contribution is -2.48. The third-order valence-electron chi connectivity index (χ3n) is 4.56. The van der Waals surface area contributed by atoms with Crippen molar-refractivity contribution in [3.05, 3.63) is 64.7 Å². The summed E-state index contributed by atoms with van der Waals surface area (Å²) >= 11 is 6.06. The summed E-state index contributed by atoms with van der Waals surface area (Å²) in [5.41, 5.74) is 3.02. The van der Waals surface area contributed by atoms with Crippen LogP contribution >= 0.6 is 11.6 Å². The van der Waals surface area contributed by atoms with Gasteiger partial charge in [-0.2, -0.15) is 0 Å². The first-order chi connectivity index (χ1) is 12.0. The highest BCUT2D eigenvalue weighted by atomic mass is 35.5. The average Bonchev–Trinajstić information content (AvgIpc) is 2.62. The topological polar surface area (TPSA) is 26.8 Å². The molecule has 1 aliphatic heterocycles. The van der Waals surface area contributed by atoms with E-state index < -0.39 is 0 Å². The molecule has 5 heteroatoms. The first-order valence-corrected chi connectivity index (χ1v) is 8.94. The van der Waals surface area contributed by atoms with Crippen molar-refractivity contribution in [2.75, 3.05) is 45.2 Å². The lowest BCUT2D eigenvalue weighted by atomic mass is 10.1. The van der Waals surface area contributed by atoms with E-state index in [2.05, 4.69) is 11.0 Å². The van der Waals surface area contributed by atoms with Crippen molar-refractivity contribution in [2.24, 2.45) is 0 Å². The van der Waals surface area contributed by atoms with Gasteiger partial charge in [0.15, 0.2) is 0 Å². The first kappa shape index (κ1) is 17.8. The van der Waals surface area contributed by atoms with Gasteiger partial charge in [0.25, 0.3) is 5.91 Å². The van der Waals surface area contributed by atoms with Crippen LogP contribution in [0.2, 0.25) is 5.02 Å². The monoisotopic (exact) mass is 357 g/mol. The second-order valence-electron chi connectivity index (χ2n) is 6.64. The highest BCUT2D eigenvalue weighted by molar-refractivity contribution is 6.30. The van der Waals surface area contributed by atoms with Crippen molar-refractivity contribution in [3.63, 3.8) is 0 Å². The van der Waals surface area contributed by atoms with E-state index in [-0.39, 0.29) is 5.91 Å². The van der Waals surface area contributed by atoms with E-state index in [4.69, 9.17) is 11.6 Å². The molecular formula is C20H24ClN3O. The van der Waals surface area contributed by atoms with Crippen LogP contribution in [-0.4, -0.2) is 56.0 Å². The number of rotatable bonds is 4. The molecule has 0 atom stereocenters. The van der Waals surface area contributed by atoms with Crippen molar-refractivity contribution >= 4 is 23.2 Å². The number of piperazine rings is 1. The molecule has 0 radical (unpaired) electrons. The molecule has 1 heterocycles. The Bertz CT molecular complexity index is 739.